The largest absolute Gasteiger partial charge is 0.383 e. The van der Waals surface area contributed by atoms with Crippen molar-refractivity contribution in [2.45, 2.75) is 31.2 Å². The number of likely N-dealkylation sites (tertiary alicyclic amines) is 2. The quantitative estimate of drug-likeness (QED) is 0.823. The van der Waals surface area contributed by atoms with Crippen molar-refractivity contribution in [1.82, 2.24) is 19.6 Å². The fraction of sp³-hybridized carbons (Fsp3) is 0.550. The van der Waals surface area contributed by atoms with E-state index in [0.29, 0.717) is 25.4 Å². The van der Waals surface area contributed by atoms with E-state index in [1.165, 1.54) is 0 Å². The molecule has 0 N–H and O–H groups in total. The zero-order valence-electron chi connectivity index (χ0n) is 16.0. The Morgan fingerprint density at radius 2 is 1.96 bits per heavy atom. The first-order valence-corrected chi connectivity index (χ1v) is 9.60. The van der Waals surface area contributed by atoms with Crippen molar-refractivity contribution in [3.8, 4) is 0 Å². The summed E-state index contributed by atoms with van der Waals surface area (Å²) in [5.74, 6) is -0.0665. The van der Waals surface area contributed by atoms with Gasteiger partial charge in [-0.15, -0.1) is 0 Å². The van der Waals surface area contributed by atoms with Gasteiger partial charge < -0.3 is 14.5 Å². The molecule has 144 valence electrons. The van der Waals surface area contributed by atoms with Gasteiger partial charge in [0.25, 0.3) is 5.91 Å². The van der Waals surface area contributed by atoms with Crippen LogP contribution in [0.1, 0.15) is 36.2 Å². The average molecular weight is 370 g/mol. The number of hydrogen-bond acceptors (Lipinski definition) is 4. The highest BCUT2D eigenvalue weighted by molar-refractivity contribution is 6.07. The zero-order chi connectivity index (χ0) is 19.0. The molecule has 1 aromatic carbocycles. The van der Waals surface area contributed by atoms with Crippen LogP contribution >= 0.6 is 0 Å². The molecule has 7 nitrogen and oxygen atoms in total. The highest BCUT2D eigenvalue weighted by Crippen LogP contribution is 2.39. The number of methoxy groups -OCH3 is 1. The molecule has 2 aromatic rings. The normalized spacial score (nSPS) is 23.0. The second-order valence-electron chi connectivity index (χ2n) is 7.47. The number of hydrogen-bond donors (Lipinski definition) is 0. The number of ether oxygens (including phenoxy) is 1. The molecule has 0 aliphatic carbocycles. The van der Waals surface area contributed by atoms with E-state index >= 15 is 0 Å². The third kappa shape index (κ3) is 2.81. The molecule has 1 atom stereocenters. The first-order valence-electron chi connectivity index (χ1n) is 9.60. The van der Waals surface area contributed by atoms with Crippen molar-refractivity contribution in [2.75, 3.05) is 33.4 Å². The van der Waals surface area contributed by atoms with E-state index in [9.17, 15) is 9.59 Å². The second-order valence-corrected chi connectivity index (χ2v) is 7.47. The number of carbonyl (C=O) groups is 2. The number of fused-ring (bicyclic) bond motifs is 1. The van der Waals surface area contributed by atoms with Gasteiger partial charge in [0.1, 0.15) is 5.54 Å². The Morgan fingerprint density at radius 3 is 2.74 bits per heavy atom. The van der Waals surface area contributed by atoms with Crippen LogP contribution in [-0.4, -0.2) is 70.3 Å². The summed E-state index contributed by atoms with van der Waals surface area (Å²) >= 11 is 0. The third-order valence-electron chi connectivity index (χ3n) is 5.96. The predicted molar refractivity (Wildman–Crippen MR) is 101 cm³/mol. The lowest BCUT2D eigenvalue weighted by Crippen LogP contribution is -2.61. The molecule has 2 amide bonds. The lowest BCUT2D eigenvalue weighted by molar-refractivity contribution is -0.146. The Labute approximate surface area is 158 Å². The first-order chi connectivity index (χ1) is 13.1. The van der Waals surface area contributed by atoms with E-state index in [1.807, 2.05) is 36.2 Å². The van der Waals surface area contributed by atoms with Gasteiger partial charge in [0.2, 0.25) is 5.91 Å². The van der Waals surface area contributed by atoms with Crippen molar-refractivity contribution >= 4 is 22.7 Å². The number of para-hydroxylation sites is 1. The van der Waals surface area contributed by atoms with E-state index in [1.54, 1.807) is 16.7 Å². The van der Waals surface area contributed by atoms with Crippen molar-refractivity contribution < 1.29 is 14.3 Å². The van der Waals surface area contributed by atoms with Gasteiger partial charge in [-0.25, -0.2) is 0 Å². The fourth-order valence-electron chi connectivity index (χ4n) is 4.64. The lowest BCUT2D eigenvalue weighted by atomic mass is 9.85. The fourth-order valence-corrected chi connectivity index (χ4v) is 4.64. The summed E-state index contributed by atoms with van der Waals surface area (Å²) in [6, 6.07) is 7.73. The number of aryl methyl sites for hydroxylation is 1. The van der Waals surface area contributed by atoms with Crippen molar-refractivity contribution in [3.63, 3.8) is 0 Å². The summed E-state index contributed by atoms with van der Waals surface area (Å²) in [6.45, 7) is 2.43. The highest BCUT2D eigenvalue weighted by atomic mass is 16.5. The molecule has 7 heteroatoms. The van der Waals surface area contributed by atoms with Crippen molar-refractivity contribution in [1.29, 1.82) is 0 Å². The van der Waals surface area contributed by atoms with Gasteiger partial charge >= 0.3 is 0 Å². The summed E-state index contributed by atoms with van der Waals surface area (Å²) in [5.41, 5.74) is 0.642. The van der Waals surface area contributed by atoms with Crippen LogP contribution in [0.4, 0.5) is 0 Å². The number of benzene rings is 1. The van der Waals surface area contributed by atoms with Gasteiger partial charge in [0.15, 0.2) is 5.69 Å². The summed E-state index contributed by atoms with van der Waals surface area (Å²) < 4.78 is 6.89. The minimum absolute atomic E-state index is 0.0666. The van der Waals surface area contributed by atoms with Crippen LogP contribution in [0.3, 0.4) is 0 Å². The summed E-state index contributed by atoms with van der Waals surface area (Å²) in [4.78, 5) is 30.4. The second kappa shape index (κ2) is 6.96. The van der Waals surface area contributed by atoms with Crippen LogP contribution in [0.25, 0.3) is 10.9 Å². The molecule has 2 aliphatic heterocycles. The molecule has 1 aromatic heterocycles. The zero-order valence-corrected chi connectivity index (χ0v) is 16.0. The van der Waals surface area contributed by atoms with Crippen LogP contribution in [0.5, 0.6) is 0 Å². The van der Waals surface area contributed by atoms with Gasteiger partial charge in [-0.2, -0.15) is 5.10 Å². The molecule has 3 heterocycles. The Bertz CT molecular complexity index is 877. The summed E-state index contributed by atoms with van der Waals surface area (Å²) in [7, 11) is 3.49. The van der Waals surface area contributed by atoms with Crippen LogP contribution in [-0.2, 0) is 16.6 Å². The molecule has 4 rings (SSSR count). The van der Waals surface area contributed by atoms with Crippen LogP contribution in [0.15, 0.2) is 24.3 Å². The maximum Gasteiger partial charge on any atom is 0.275 e. The molecule has 2 fully saturated rings. The molecule has 0 bridgehead atoms. The molecular weight excluding hydrogens is 344 g/mol. The van der Waals surface area contributed by atoms with Crippen molar-refractivity contribution in [2.24, 2.45) is 7.05 Å². The number of nitrogens with zero attached hydrogens (tertiary/aromatic N) is 4. The smallest absolute Gasteiger partial charge is 0.275 e. The Balaban J connectivity index is 1.68. The predicted octanol–water partition coefficient (Wildman–Crippen LogP) is 1.82. The first kappa shape index (κ1) is 18.0. The van der Waals surface area contributed by atoms with E-state index in [2.05, 4.69) is 5.10 Å². The number of rotatable bonds is 4. The number of piperidine rings is 1. The van der Waals surface area contributed by atoms with Crippen molar-refractivity contribution in [3.05, 3.63) is 30.0 Å². The van der Waals surface area contributed by atoms with E-state index in [4.69, 9.17) is 4.74 Å². The highest BCUT2D eigenvalue weighted by Gasteiger charge is 2.53. The van der Waals surface area contributed by atoms with Crippen LogP contribution in [0, 0.1) is 0 Å². The number of carbonyl (C=O) groups excluding carboxylic acids is 2. The standard InChI is InChI=1S/C20H26N4O3/c1-22-16-8-4-3-7-15(16)17(21-22)18(25)24-12-6-10-20(24)9-5-11-23(19(20)26)13-14-27-2/h3-4,7-8H,5-6,9-14H2,1-2H3. The Morgan fingerprint density at radius 1 is 1.22 bits per heavy atom. The summed E-state index contributed by atoms with van der Waals surface area (Å²) in [5, 5.41) is 5.33. The van der Waals surface area contributed by atoms with E-state index in [0.717, 1.165) is 43.1 Å². The van der Waals surface area contributed by atoms with Gasteiger partial charge in [-0.05, 0) is 31.7 Å². The van der Waals surface area contributed by atoms with Crippen LogP contribution in [0.2, 0.25) is 0 Å². The molecule has 1 spiro atoms. The monoisotopic (exact) mass is 370 g/mol. The maximum absolute atomic E-state index is 13.5. The lowest BCUT2D eigenvalue weighted by Gasteiger charge is -2.44. The Hall–Kier alpha value is -2.41. The SMILES string of the molecule is COCCN1CCCC2(CCCN2C(=O)c2nn(C)c3ccccc23)C1=O. The Kier molecular flexibility index (Phi) is 4.63. The minimum Gasteiger partial charge on any atom is -0.383 e. The molecule has 1 unspecified atom stereocenters. The van der Waals surface area contributed by atoms with Gasteiger partial charge in [-0.3, -0.25) is 14.3 Å². The molecule has 27 heavy (non-hydrogen) atoms. The molecule has 2 aliphatic rings. The van der Waals surface area contributed by atoms with Crippen LogP contribution < -0.4 is 0 Å². The molecular formula is C20H26N4O3. The number of amides is 2. The van der Waals surface area contributed by atoms with E-state index in [-0.39, 0.29) is 11.8 Å². The number of aromatic nitrogens is 2. The minimum atomic E-state index is -0.721. The topological polar surface area (TPSA) is 67.7 Å². The summed E-state index contributed by atoms with van der Waals surface area (Å²) in [6.07, 6.45) is 3.21. The average Bonchev–Trinajstić information content (AvgIpc) is 3.25. The van der Waals surface area contributed by atoms with Gasteiger partial charge in [-0.1, -0.05) is 18.2 Å². The molecule has 2 saturated heterocycles. The van der Waals surface area contributed by atoms with Gasteiger partial charge in [0, 0.05) is 39.2 Å². The van der Waals surface area contributed by atoms with E-state index < -0.39 is 5.54 Å². The maximum atomic E-state index is 13.5. The molecule has 0 radical (unpaired) electrons. The molecule has 0 saturated carbocycles. The van der Waals surface area contributed by atoms with Gasteiger partial charge in [0.05, 0.1) is 12.1 Å². The third-order valence-corrected chi connectivity index (χ3v) is 5.96.